The van der Waals surface area contributed by atoms with Crippen molar-refractivity contribution in [2.75, 3.05) is 0 Å². The fourth-order valence-corrected chi connectivity index (χ4v) is 1.99. The van der Waals surface area contributed by atoms with E-state index in [0.29, 0.717) is 11.1 Å². The van der Waals surface area contributed by atoms with Crippen molar-refractivity contribution in [1.82, 2.24) is 0 Å². The zero-order valence-corrected chi connectivity index (χ0v) is 11.8. The fourth-order valence-electron chi connectivity index (χ4n) is 1.99. The molecule has 2 aromatic rings. The lowest BCUT2D eigenvalue weighted by Crippen LogP contribution is -2.28. The number of rotatable bonds is 3. The largest absolute Gasteiger partial charge is 0.481 e. The summed E-state index contributed by atoms with van der Waals surface area (Å²) in [6.07, 6.45) is 0. The Morgan fingerprint density at radius 2 is 1.70 bits per heavy atom. The van der Waals surface area contributed by atoms with Crippen LogP contribution in [0.25, 0.3) is 11.1 Å². The van der Waals surface area contributed by atoms with Gasteiger partial charge in [0.25, 0.3) is 0 Å². The molecule has 0 saturated carbocycles. The van der Waals surface area contributed by atoms with Crippen LogP contribution in [-0.4, -0.2) is 11.1 Å². The minimum Gasteiger partial charge on any atom is -0.481 e. The summed E-state index contributed by atoms with van der Waals surface area (Å²) < 4.78 is 14.2. The first-order chi connectivity index (χ1) is 9.32. The monoisotopic (exact) mass is 272 g/mol. The van der Waals surface area contributed by atoms with Gasteiger partial charge in [-0.3, -0.25) is 4.79 Å². The van der Waals surface area contributed by atoms with Crippen LogP contribution in [0.1, 0.15) is 25.0 Å². The van der Waals surface area contributed by atoms with Crippen molar-refractivity contribution >= 4 is 5.97 Å². The van der Waals surface area contributed by atoms with Crippen LogP contribution in [0.5, 0.6) is 0 Å². The standard InChI is InChI=1S/C17H17FO2/c1-11-4-6-12(7-5-11)14-9-8-13(10-15(14)18)17(2,3)16(19)20/h4-10H,1-3H3,(H,19,20). The lowest BCUT2D eigenvalue weighted by molar-refractivity contribution is -0.142. The number of carbonyl (C=O) groups is 1. The molecule has 2 nitrogen and oxygen atoms in total. The van der Waals surface area contributed by atoms with E-state index >= 15 is 0 Å². The summed E-state index contributed by atoms with van der Waals surface area (Å²) in [5.41, 5.74) is 1.73. The number of halogens is 1. The summed E-state index contributed by atoms with van der Waals surface area (Å²) in [6, 6.07) is 12.2. The Morgan fingerprint density at radius 3 is 2.20 bits per heavy atom. The highest BCUT2D eigenvalue weighted by Crippen LogP contribution is 2.29. The molecule has 0 atom stereocenters. The van der Waals surface area contributed by atoms with Gasteiger partial charge in [-0.15, -0.1) is 0 Å². The second-order valence-electron chi connectivity index (χ2n) is 5.49. The van der Waals surface area contributed by atoms with E-state index in [2.05, 4.69) is 0 Å². The van der Waals surface area contributed by atoms with Gasteiger partial charge in [-0.2, -0.15) is 0 Å². The SMILES string of the molecule is Cc1ccc(-c2ccc(C(C)(C)C(=O)O)cc2F)cc1. The molecule has 0 amide bonds. The first-order valence-electron chi connectivity index (χ1n) is 6.43. The predicted octanol–water partition coefficient (Wildman–Crippen LogP) is 4.16. The molecule has 1 N–H and O–H groups in total. The molecule has 0 heterocycles. The van der Waals surface area contributed by atoms with Crippen molar-refractivity contribution in [2.45, 2.75) is 26.2 Å². The Kier molecular flexibility index (Phi) is 3.62. The maximum atomic E-state index is 14.2. The van der Waals surface area contributed by atoms with E-state index in [-0.39, 0.29) is 0 Å². The molecule has 3 heteroatoms. The molecule has 2 aromatic carbocycles. The average Bonchev–Trinajstić information content (AvgIpc) is 2.39. The van der Waals surface area contributed by atoms with Gasteiger partial charge in [-0.05, 0) is 38.0 Å². The highest BCUT2D eigenvalue weighted by atomic mass is 19.1. The molecule has 0 bridgehead atoms. The van der Waals surface area contributed by atoms with Gasteiger partial charge >= 0.3 is 5.97 Å². The normalized spacial score (nSPS) is 11.4. The topological polar surface area (TPSA) is 37.3 Å². The Labute approximate surface area is 117 Å². The highest BCUT2D eigenvalue weighted by molar-refractivity contribution is 5.80. The highest BCUT2D eigenvalue weighted by Gasteiger charge is 2.30. The molecule has 0 saturated heterocycles. The van der Waals surface area contributed by atoms with Gasteiger partial charge in [0.15, 0.2) is 0 Å². The molecule has 2 rings (SSSR count). The molecule has 0 spiro atoms. The number of hydrogen-bond acceptors (Lipinski definition) is 1. The lowest BCUT2D eigenvalue weighted by atomic mass is 9.84. The summed E-state index contributed by atoms with van der Waals surface area (Å²) in [4.78, 5) is 11.2. The number of benzene rings is 2. The van der Waals surface area contributed by atoms with E-state index in [4.69, 9.17) is 0 Å². The molecular formula is C17H17FO2. The summed E-state index contributed by atoms with van der Waals surface area (Å²) in [5.74, 6) is -1.37. The lowest BCUT2D eigenvalue weighted by Gasteiger charge is -2.20. The van der Waals surface area contributed by atoms with Gasteiger partial charge in [0, 0.05) is 5.56 Å². The molecule has 0 aliphatic carbocycles. The molecule has 20 heavy (non-hydrogen) atoms. The van der Waals surface area contributed by atoms with Crippen molar-refractivity contribution in [1.29, 1.82) is 0 Å². The summed E-state index contributed by atoms with van der Waals surface area (Å²) in [7, 11) is 0. The average molecular weight is 272 g/mol. The van der Waals surface area contributed by atoms with Crippen molar-refractivity contribution in [2.24, 2.45) is 0 Å². The van der Waals surface area contributed by atoms with Gasteiger partial charge < -0.3 is 5.11 Å². The van der Waals surface area contributed by atoms with Gasteiger partial charge in [-0.1, -0.05) is 42.0 Å². The Hall–Kier alpha value is -2.16. The molecule has 0 aromatic heterocycles. The van der Waals surface area contributed by atoms with Crippen LogP contribution < -0.4 is 0 Å². The Balaban J connectivity index is 2.45. The van der Waals surface area contributed by atoms with E-state index in [9.17, 15) is 14.3 Å². The van der Waals surface area contributed by atoms with E-state index in [1.165, 1.54) is 6.07 Å². The second kappa shape index (κ2) is 5.08. The van der Waals surface area contributed by atoms with E-state index in [0.717, 1.165) is 11.1 Å². The van der Waals surface area contributed by atoms with Crippen LogP contribution in [0.2, 0.25) is 0 Å². The predicted molar refractivity (Wildman–Crippen MR) is 77.2 cm³/mol. The summed E-state index contributed by atoms with van der Waals surface area (Å²) in [6.45, 7) is 5.10. The van der Waals surface area contributed by atoms with Crippen LogP contribution in [-0.2, 0) is 10.2 Å². The maximum Gasteiger partial charge on any atom is 0.313 e. The van der Waals surface area contributed by atoms with Crippen LogP contribution in [0, 0.1) is 12.7 Å². The summed E-state index contributed by atoms with van der Waals surface area (Å²) in [5, 5.41) is 9.18. The third kappa shape index (κ3) is 2.57. The van der Waals surface area contributed by atoms with Gasteiger partial charge in [-0.25, -0.2) is 4.39 Å². The number of aliphatic carboxylic acids is 1. The van der Waals surface area contributed by atoms with E-state index in [1.54, 1.807) is 26.0 Å². The van der Waals surface area contributed by atoms with Crippen LogP contribution in [0.3, 0.4) is 0 Å². The number of carboxylic acid groups (broad SMARTS) is 1. The quantitative estimate of drug-likeness (QED) is 0.910. The van der Waals surface area contributed by atoms with Crippen molar-refractivity contribution in [3.63, 3.8) is 0 Å². The smallest absolute Gasteiger partial charge is 0.313 e. The minimum absolute atomic E-state index is 0.402. The molecule has 0 aliphatic rings. The number of aryl methyl sites for hydroxylation is 1. The number of hydrogen-bond donors (Lipinski definition) is 1. The zero-order chi connectivity index (χ0) is 14.9. The minimum atomic E-state index is -1.10. The van der Waals surface area contributed by atoms with Crippen LogP contribution >= 0.6 is 0 Å². The van der Waals surface area contributed by atoms with Crippen LogP contribution in [0.4, 0.5) is 4.39 Å². The summed E-state index contributed by atoms with van der Waals surface area (Å²) >= 11 is 0. The molecule has 0 radical (unpaired) electrons. The first kappa shape index (κ1) is 14.3. The van der Waals surface area contributed by atoms with Crippen molar-refractivity contribution < 1.29 is 14.3 Å². The maximum absolute atomic E-state index is 14.2. The second-order valence-corrected chi connectivity index (χ2v) is 5.49. The van der Waals surface area contributed by atoms with Crippen LogP contribution in [0.15, 0.2) is 42.5 Å². The zero-order valence-electron chi connectivity index (χ0n) is 11.8. The Morgan fingerprint density at radius 1 is 1.10 bits per heavy atom. The van der Waals surface area contributed by atoms with Gasteiger partial charge in [0.05, 0.1) is 5.41 Å². The molecule has 0 unspecified atom stereocenters. The van der Waals surface area contributed by atoms with E-state index < -0.39 is 17.2 Å². The Bertz CT molecular complexity index is 643. The van der Waals surface area contributed by atoms with Gasteiger partial charge in [0.2, 0.25) is 0 Å². The van der Waals surface area contributed by atoms with E-state index in [1.807, 2.05) is 31.2 Å². The molecular weight excluding hydrogens is 255 g/mol. The number of carboxylic acids is 1. The first-order valence-corrected chi connectivity index (χ1v) is 6.43. The van der Waals surface area contributed by atoms with Crippen molar-refractivity contribution in [3.05, 3.63) is 59.4 Å². The third-order valence-electron chi connectivity index (χ3n) is 3.59. The third-order valence-corrected chi connectivity index (χ3v) is 3.59. The van der Waals surface area contributed by atoms with Gasteiger partial charge in [0.1, 0.15) is 5.82 Å². The molecule has 0 fully saturated rings. The fraction of sp³-hybridized carbons (Fsp3) is 0.235. The van der Waals surface area contributed by atoms with Crippen molar-refractivity contribution in [3.8, 4) is 11.1 Å². The molecule has 0 aliphatic heterocycles. The molecule has 104 valence electrons.